The Morgan fingerprint density at radius 2 is 1.17 bits per heavy atom. The quantitative estimate of drug-likeness (QED) is 0.229. The Kier molecular flexibility index (Phi) is 12.6. The molecule has 2 fully saturated rings. The van der Waals surface area contributed by atoms with Crippen molar-refractivity contribution in [3.05, 3.63) is 53.1 Å². The van der Waals surface area contributed by atoms with Gasteiger partial charge < -0.3 is 4.57 Å². The highest BCUT2D eigenvalue weighted by molar-refractivity contribution is 6.76. The van der Waals surface area contributed by atoms with Gasteiger partial charge in [0.25, 0.3) is 0 Å². The third kappa shape index (κ3) is 9.10. The Labute approximate surface area is 321 Å². The summed E-state index contributed by atoms with van der Waals surface area (Å²) in [4.78, 5) is 0. The first-order chi connectivity index (χ1) is 25.6. The Balaban J connectivity index is 1.29. The lowest BCUT2D eigenvalue weighted by atomic mass is 9.75. The lowest BCUT2D eigenvalue weighted by Crippen LogP contribution is -2.64. The normalized spacial score (nSPS) is 21.4. The van der Waals surface area contributed by atoms with Crippen molar-refractivity contribution in [1.29, 1.82) is 0 Å². The molecule has 4 aliphatic rings. The highest BCUT2D eigenvalue weighted by Gasteiger charge is 2.53. The van der Waals surface area contributed by atoms with Gasteiger partial charge in [0.15, 0.2) is 0 Å². The molecule has 0 amide bonds. The van der Waals surface area contributed by atoms with Gasteiger partial charge >= 0.3 is 0 Å². The molecule has 0 heterocycles. The number of hydrogen-bond acceptors (Lipinski definition) is 1. The van der Waals surface area contributed by atoms with E-state index in [0.717, 1.165) is 11.6 Å². The molecule has 0 saturated heterocycles. The molecule has 0 bridgehead atoms. The molecule has 0 aromatic heterocycles. The van der Waals surface area contributed by atoms with Gasteiger partial charge in [-0.25, -0.2) is 0 Å². The van der Waals surface area contributed by atoms with E-state index in [1.54, 1.807) is 0 Å². The van der Waals surface area contributed by atoms with Crippen LogP contribution in [0.2, 0.25) is 18.6 Å². The van der Waals surface area contributed by atoms with Crippen LogP contribution in [0.4, 0.5) is 0 Å². The van der Waals surface area contributed by atoms with Crippen LogP contribution >= 0.6 is 0 Å². The molecule has 5 rings (SSSR count). The van der Waals surface area contributed by atoms with Crippen LogP contribution in [-0.2, 0) is 5.41 Å². The predicted molar refractivity (Wildman–Crippen MR) is 222 cm³/mol. The lowest BCUT2D eigenvalue weighted by molar-refractivity contribution is 0.140. The van der Waals surface area contributed by atoms with Gasteiger partial charge in [0, 0.05) is 35.3 Å². The maximum Gasteiger partial charge on any atom is 0.126 e. The van der Waals surface area contributed by atoms with Crippen molar-refractivity contribution >= 4 is 13.8 Å². The van der Waals surface area contributed by atoms with E-state index in [4.69, 9.17) is 6.42 Å². The second-order valence-corrected chi connectivity index (χ2v) is 19.9. The largest absolute Gasteiger partial charge is 0.316 e. The third-order valence-electron chi connectivity index (χ3n) is 10.8. The Hall–Kier alpha value is -5.96. The molecule has 53 heavy (non-hydrogen) atoms. The highest BCUT2D eigenvalue weighted by Crippen LogP contribution is 2.59. The molecular formula is C51H43NSi. The highest BCUT2D eigenvalue weighted by atomic mass is 28.3. The van der Waals surface area contributed by atoms with Crippen LogP contribution in [0.15, 0.2) is 42.0 Å². The van der Waals surface area contributed by atoms with E-state index in [-0.39, 0.29) is 5.54 Å². The summed E-state index contributed by atoms with van der Waals surface area (Å²) in [6.45, 7) is 15.0. The second kappa shape index (κ2) is 17.5. The maximum absolute atomic E-state index is 4.99. The number of benzene rings is 1. The maximum atomic E-state index is 4.99. The van der Waals surface area contributed by atoms with Crippen LogP contribution in [0.25, 0.3) is 5.57 Å². The number of nitrogens with zero attached hydrogens (tertiary/aromatic N) is 1. The van der Waals surface area contributed by atoms with Crippen LogP contribution in [0.5, 0.6) is 0 Å². The van der Waals surface area contributed by atoms with Gasteiger partial charge in [0.1, 0.15) is 8.24 Å². The van der Waals surface area contributed by atoms with Crippen molar-refractivity contribution in [2.24, 2.45) is 11.8 Å². The van der Waals surface area contributed by atoms with E-state index >= 15 is 0 Å². The van der Waals surface area contributed by atoms with Crippen LogP contribution in [-0.4, -0.2) is 24.4 Å². The summed E-state index contributed by atoms with van der Waals surface area (Å²) in [6, 6.07) is 9.54. The van der Waals surface area contributed by atoms with Crippen molar-refractivity contribution < 1.29 is 0 Å². The van der Waals surface area contributed by atoms with E-state index in [9.17, 15) is 0 Å². The van der Waals surface area contributed by atoms with Crippen LogP contribution in [0.3, 0.4) is 0 Å². The number of terminal acetylenes is 1. The monoisotopic (exact) mass is 697 g/mol. The minimum absolute atomic E-state index is 0.179. The molecule has 0 aliphatic heterocycles. The minimum atomic E-state index is -1.80. The SMILES string of the molecule is C#CC#CC#CC#CC#CC#CC#CC#CC#CC#CC#CC1(C)C2=CC3CCC([Si](C)(C)N(C4CCCCC4)C(C)(C)C)C3C=C2c2ccccc21. The van der Waals surface area contributed by atoms with Crippen LogP contribution < -0.4 is 0 Å². The van der Waals surface area contributed by atoms with Gasteiger partial charge in [-0.15, -0.1) is 6.42 Å². The Morgan fingerprint density at radius 1 is 0.660 bits per heavy atom. The molecule has 0 N–H and O–H groups in total. The van der Waals surface area contributed by atoms with Crippen LogP contribution in [0, 0.1) is 143 Å². The summed E-state index contributed by atoms with van der Waals surface area (Å²) < 4.78 is 3.06. The smallest absolute Gasteiger partial charge is 0.126 e. The van der Waals surface area contributed by atoms with E-state index in [0.29, 0.717) is 11.8 Å². The van der Waals surface area contributed by atoms with Gasteiger partial charge in [-0.05, 0) is 181 Å². The minimum Gasteiger partial charge on any atom is -0.316 e. The van der Waals surface area contributed by atoms with Crippen molar-refractivity contribution in [3.63, 3.8) is 0 Å². The molecule has 1 aromatic carbocycles. The first-order valence-corrected chi connectivity index (χ1v) is 21.4. The van der Waals surface area contributed by atoms with E-state index < -0.39 is 13.7 Å². The zero-order valence-corrected chi connectivity index (χ0v) is 32.7. The molecule has 1 aromatic rings. The molecule has 4 aliphatic carbocycles. The molecule has 2 saturated carbocycles. The molecule has 256 valence electrons. The van der Waals surface area contributed by atoms with Crippen LogP contribution in [0.1, 0.15) is 83.8 Å². The molecule has 0 spiro atoms. The molecule has 4 unspecified atom stereocenters. The van der Waals surface area contributed by atoms with Crippen molar-refractivity contribution in [3.8, 4) is 131 Å². The van der Waals surface area contributed by atoms with E-state index in [1.165, 1.54) is 67.2 Å². The van der Waals surface area contributed by atoms with Gasteiger partial charge in [-0.3, -0.25) is 0 Å². The molecular weight excluding hydrogens is 655 g/mol. The number of allylic oxidation sites excluding steroid dienone is 4. The summed E-state index contributed by atoms with van der Waals surface area (Å²) in [5.74, 6) is 56.9. The Morgan fingerprint density at radius 3 is 1.70 bits per heavy atom. The predicted octanol–water partition coefficient (Wildman–Crippen LogP) is 7.98. The van der Waals surface area contributed by atoms with E-state index in [2.05, 4.69) is 206 Å². The van der Waals surface area contributed by atoms with E-state index in [1.807, 2.05) is 0 Å². The zero-order valence-electron chi connectivity index (χ0n) is 31.7. The summed E-state index contributed by atoms with van der Waals surface area (Å²) in [5, 5.41) is 0. The molecule has 4 atom stereocenters. The first-order valence-electron chi connectivity index (χ1n) is 18.4. The topological polar surface area (TPSA) is 3.24 Å². The summed E-state index contributed by atoms with van der Waals surface area (Å²) in [7, 11) is -1.80. The van der Waals surface area contributed by atoms with Gasteiger partial charge in [0.05, 0.1) is 5.41 Å². The summed E-state index contributed by atoms with van der Waals surface area (Å²) in [5.41, 5.74) is 5.82. The van der Waals surface area contributed by atoms with Crippen molar-refractivity contribution in [2.45, 2.75) is 108 Å². The second-order valence-electron chi connectivity index (χ2n) is 15.4. The average Bonchev–Trinajstić information content (AvgIpc) is 3.67. The molecule has 2 heteroatoms. The number of hydrogen-bond donors (Lipinski definition) is 0. The van der Waals surface area contributed by atoms with Gasteiger partial charge in [-0.2, -0.15) is 0 Å². The van der Waals surface area contributed by atoms with Gasteiger partial charge in [-0.1, -0.05) is 81.1 Å². The van der Waals surface area contributed by atoms with Gasteiger partial charge in [0.2, 0.25) is 0 Å². The zero-order chi connectivity index (χ0) is 37.7. The molecule has 0 radical (unpaired) electrons. The average molecular weight is 698 g/mol. The standard InChI is InChI=1S/C51H43NSi/c1-8-9-10-11-12-13-14-15-16-17-18-19-20-21-22-23-24-25-26-32-39-51(5)47-36-31-30-35-44(47)46-41-45-42(40-48(46)51)37-38-49(45)53(6,7)52(50(2,3)4)43-33-28-27-29-34-43/h1,30-31,35-36,40-43,45,49H,27-29,33-34,37-38H2,2-7H3. The first kappa shape index (κ1) is 38.3. The fraction of sp³-hybridized carbons (Fsp3) is 0.373. The number of rotatable bonds is 3. The summed E-state index contributed by atoms with van der Waals surface area (Å²) >= 11 is 0. The fourth-order valence-corrected chi connectivity index (χ4v) is 14.6. The van der Waals surface area contributed by atoms with Crippen molar-refractivity contribution in [1.82, 2.24) is 4.57 Å². The Bertz CT molecular complexity index is 2400. The third-order valence-corrected chi connectivity index (χ3v) is 15.6. The summed E-state index contributed by atoms with van der Waals surface area (Å²) in [6.07, 6.45) is 19.7. The lowest BCUT2D eigenvalue weighted by Gasteiger charge is -2.55. The van der Waals surface area contributed by atoms with Crippen molar-refractivity contribution in [2.75, 3.05) is 0 Å². The number of fused-ring (bicyclic) bond motifs is 4. The molecule has 1 nitrogen and oxygen atoms in total. The fourth-order valence-electron chi connectivity index (χ4n) is 9.13.